The Morgan fingerprint density at radius 3 is 2.88 bits per heavy atom. The molecule has 1 aromatic rings. The summed E-state index contributed by atoms with van der Waals surface area (Å²) < 4.78 is 30.0. The number of unbranched alkanes of at least 4 members (excludes halogenated alkanes) is 1. The normalized spacial score (nSPS) is 13.6. The first kappa shape index (κ1) is 20.6. The smallest absolute Gasteiger partial charge is 0.305 e. The average molecular weight is 369 g/mol. The Labute approximate surface area is 154 Å². The molecule has 26 heavy (non-hydrogen) atoms. The second-order valence-electron chi connectivity index (χ2n) is 6.67. The van der Waals surface area contributed by atoms with Crippen LogP contribution in [-0.4, -0.2) is 55.6 Å². The molecule has 0 amide bonds. The van der Waals surface area contributed by atoms with Crippen LogP contribution < -0.4 is 5.32 Å². The van der Waals surface area contributed by atoms with Gasteiger partial charge in [-0.25, -0.2) is 13.8 Å². The van der Waals surface area contributed by atoms with Crippen LogP contribution in [0.25, 0.3) is 0 Å². The van der Waals surface area contributed by atoms with Crippen molar-refractivity contribution >= 4 is 11.8 Å². The summed E-state index contributed by atoms with van der Waals surface area (Å²) in [6.07, 6.45) is 3.24. The molecule has 0 fully saturated rings. The van der Waals surface area contributed by atoms with Crippen LogP contribution in [0.4, 0.5) is 14.6 Å². The van der Waals surface area contributed by atoms with Crippen molar-refractivity contribution < 1.29 is 18.3 Å². The summed E-state index contributed by atoms with van der Waals surface area (Å²) in [6, 6.07) is 4.21. The number of aromatic nitrogens is 1. The second kappa shape index (κ2) is 11.1. The van der Waals surface area contributed by atoms with Gasteiger partial charge in [-0.15, -0.1) is 0 Å². The Kier molecular flexibility index (Phi) is 8.74. The second-order valence-corrected chi connectivity index (χ2v) is 6.67. The number of carbonyl (C=O) groups is 1. The molecule has 0 saturated heterocycles. The fourth-order valence-corrected chi connectivity index (χ4v) is 3.19. The Morgan fingerprint density at radius 2 is 2.12 bits per heavy atom. The lowest BCUT2D eigenvalue weighted by Crippen LogP contribution is -2.31. The highest BCUT2D eigenvalue weighted by molar-refractivity contribution is 5.69. The number of hydrogen-bond donors (Lipinski definition) is 1. The number of alkyl halides is 2. The van der Waals surface area contributed by atoms with E-state index < -0.39 is 6.43 Å². The third kappa shape index (κ3) is 7.23. The molecule has 146 valence electrons. The minimum Gasteiger partial charge on any atom is -0.469 e. The van der Waals surface area contributed by atoms with Gasteiger partial charge in [-0.1, -0.05) is 6.07 Å². The molecule has 0 radical (unpaired) electrons. The highest BCUT2D eigenvalue weighted by atomic mass is 19.3. The van der Waals surface area contributed by atoms with E-state index in [-0.39, 0.29) is 18.9 Å². The third-order valence-corrected chi connectivity index (χ3v) is 4.59. The number of aryl methyl sites for hydroxylation is 2. The van der Waals surface area contributed by atoms with Gasteiger partial charge in [0.05, 0.1) is 13.7 Å². The summed E-state index contributed by atoms with van der Waals surface area (Å²) in [4.78, 5) is 17.5. The van der Waals surface area contributed by atoms with Crippen LogP contribution >= 0.6 is 0 Å². The lowest BCUT2D eigenvalue weighted by molar-refractivity contribution is -0.140. The van der Waals surface area contributed by atoms with Crippen LogP contribution in [0.1, 0.15) is 43.4 Å². The van der Waals surface area contributed by atoms with Crippen molar-refractivity contribution in [3.63, 3.8) is 0 Å². The standard InChI is InChI=1S/C19H29F2N3O2/c1-26-18(25)8-5-13-24(14-17(20)21)12-3-2-7-16-10-9-15-6-4-11-22-19(15)23-16/h9-10,17H,2-8,11-14H2,1H3,(H,22,23). The quantitative estimate of drug-likeness (QED) is 0.479. The van der Waals surface area contributed by atoms with Gasteiger partial charge in [0.2, 0.25) is 0 Å². The van der Waals surface area contributed by atoms with E-state index in [2.05, 4.69) is 27.2 Å². The summed E-state index contributed by atoms with van der Waals surface area (Å²) in [5, 5.41) is 3.33. The largest absolute Gasteiger partial charge is 0.469 e. The maximum absolute atomic E-state index is 12.7. The molecular weight excluding hydrogens is 340 g/mol. The van der Waals surface area contributed by atoms with Crippen molar-refractivity contribution in [1.29, 1.82) is 0 Å². The van der Waals surface area contributed by atoms with Crippen LogP contribution in [0.2, 0.25) is 0 Å². The van der Waals surface area contributed by atoms with Crippen molar-refractivity contribution in [2.75, 3.05) is 38.6 Å². The van der Waals surface area contributed by atoms with Crippen molar-refractivity contribution in [3.05, 3.63) is 23.4 Å². The lowest BCUT2D eigenvalue weighted by atomic mass is 10.1. The van der Waals surface area contributed by atoms with Crippen LogP contribution in [0.5, 0.6) is 0 Å². The van der Waals surface area contributed by atoms with E-state index in [1.54, 1.807) is 4.90 Å². The van der Waals surface area contributed by atoms with E-state index in [0.717, 1.165) is 50.2 Å². The first-order valence-corrected chi connectivity index (χ1v) is 9.38. The fourth-order valence-electron chi connectivity index (χ4n) is 3.19. The highest BCUT2D eigenvalue weighted by Crippen LogP contribution is 2.20. The predicted octanol–water partition coefficient (Wildman–Crippen LogP) is 3.28. The number of esters is 1. The number of anilines is 1. The lowest BCUT2D eigenvalue weighted by Gasteiger charge is -2.21. The number of nitrogens with zero attached hydrogens (tertiary/aromatic N) is 2. The van der Waals surface area contributed by atoms with Gasteiger partial charge in [0.1, 0.15) is 5.82 Å². The van der Waals surface area contributed by atoms with Crippen molar-refractivity contribution in [2.45, 2.75) is 51.4 Å². The molecule has 2 heterocycles. The molecule has 1 aliphatic rings. The highest BCUT2D eigenvalue weighted by Gasteiger charge is 2.13. The molecule has 5 nitrogen and oxygen atoms in total. The van der Waals surface area contributed by atoms with Gasteiger partial charge in [0.15, 0.2) is 0 Å². The minimum atomic E-state index is -2.36. The number of nitrogens with one attached hydrogen (secondary N) is 1. The molecule has 0 aliphatic carbocycles. The van der Waals surface area contributed by atoms with Gasteiger partial charge in [-0.05, 0) is 63.2 Å². The van der Waals surface area contributed by atoms with Crippen LogP contribution in [-0.2, 0) is 22.4 Å². The zero-order chi connectivity index (χ0) is 18.8. The van der Waals surface area contributed by atoms with Gasteiger partial charge >= 0.3 is 5.97 Å². The molecule has 0 saturated carbocycles. The number of methoxy groups -OCH3 is 1. The van der Waals surface area contributed by atoms with Gasteiger partial charge in [0.25, 0.3) is 6.43 Å². The van der Waals surface area contributed by atoms with E-state index in [4.69, 9.17) is 0 Å². The Morgan fingerprint density at radius 1 is 1.31 bits per heavy atom. The van der Waals surface area contributed by atoms with Crippen LogP contribution in [0, 0.1) is 0 Å². The van der Waals surface area contributed by atoms with E-state index in [1.807, 2.05) is 0 Å². The third-order valence-electron chi connectivity index (χ3n) is 4.59. The summed E-state index contributed by atoms with van der Waals surface area (Å²) >= 11 is 0. The molecule has 0 aromatic carbocycles. The van der Waals surface area contributed by atoms with E-state index in [1.165, 1.54) is 12.7 Å². The molecule has 0 atom stereocenters. The molecular formula is C19H29F2N3O2. The summed E-state index contributed by atoms with van der Waals surface area (Å²) in [6.45, 7) is 1.81. The van der Waals surface area contributed by atoms with Crippen molar-refractivity contribution in [1.82, 2.24) is 9.88 Å². The number of rotatable bonds is 11. The number of hydrogen-bond acceptors (Lipinski definition) is 5. The molecule has 1 N–H and O–H groups in total. The predicted molar refractivity (Wildman–Crippen MR) is 97.7 cm³/mol. The summed E-state index contributed by atoms with van der Waals surface area (Å²) in [5.74, 6) is 0.699. The number of pyridine rings is 1. The van der Waals surface area contributed by atoms with E-state index >= 15 is 0 Å². The maximum atomic E-state index is 12.7. The molecule has 1 aliphatic heterocycles. The number of ether oxygens (including phenoxy) is 1. The van der Waals surface area contributed by atoms with Crippen molar-refractivity contribution in [2.24, 2.45) is 0 Å². The maximum Gasteiger partial charge on any atom is 0.305 e. The number of halogens is 2. The number of fused-ring (bicyclic) bond motifs is 1. The SMILES string of the molecule is COC(=O)CCCN(CCCCc1ccc2c(n1)NCCC2)CC(F)F. The molecule has 7 heteroatoms. The first-order chi connectivity index (χ1) is 12.6. The molecule has 0 bridgehead atoms. The fraction of sp³-hybridized carbons (Fsp3) is 0.684. The summed E-state index contributed by atoms with van der Waals surface area (Å²) in [7, 11) is 1.34. The minimum absolute atomic E-state index is 0.248. The zero-order valence-electron chi connectivity index (χ0n) is 15.5. The van der Waals surface area contributed by atoms with Crippen LogP contribution in [0.15, 0.2) is 12.1 Å². The molecule has 1 aromatic heterocycles. The molecule has 0 unspecified atom stereocenters. The number of carbonyl (C=O) groups excluding carboxylic acids is 1. The average Bonchev–Trinajstić information content (AvgIpc) is 2.64. The topological polar surface area (TPSA) is 54.5 Å². The van der Waals surface area contributed by atoms with Crippen molar-refractivity contribution in [3.8, 4) is 0 Å². The van der Waals surface area contributed by atoms with Gasteiger partial charge < -0.3 is 10.1 Å². The van der Waals surface area contributed by atoms with E-state index in [9.17, 15) is 13.6 Å². The Hall–Kier alpha value is -1.76. The Bertz CT molecular complexity index is 570. The van der Waals surface area contributed by atoms with Crippen LogP contribution in [0.3, 0.4) is 0 Å². The van der Waals surface area contributed by atoms with Gasteiger partial charge in [-0.3, -0.25) is 9.69 Å². The molecule has 2 rings (SSSR count). The first-order valence-electron chi connectivity index (χ1n) is 9.38. The molecule has 0 spiro atoms. The van der Waals surface area contributed by atoms with E-state index in [0.29, 0.717) is 19.5 Å². The summed E-state index contributed by atoms with van der Waals surface area (Å²) in [5.41, 5.74) is 2.32. The monoisotopic (exact) mass is 369 g/mol. The van der Waals surface area contributed by atoms with Gasteiger partial charge in [-0.2, -0.15) is 0 Å². The van der Waals surface area contributed by atoms with Gasteiger partial charge in [0, 0.05) is 18.7 Å². The Balaban J connectivity index is 1.71. The zero-order valence-corrected chi connectivity index (χ0v) is 15.5.